The fourth-order valence-corrected chi connectivity index (χ4v) is 7.67. The topological polar surface area (TPSA) is 150 Å². The van der Waals surface area contributed by atoms with Crippen molar-refractivity contribution in [1.82, 2.24) is 29.9 Å². The Morgan fingerprint density at radius 3 is 1.47 bits per heavy atom. The molecule has 0 saturated carbocycles. The number of pyridine rings is 2. The molecule has 4 aromatic rings. The highest BCUT2D eigenvalue weighted by Gasteiger charge is 2.28. The number of anilines is 2. The average Bonchev–Trinajstić information content (AvgIpc) is 3.94. The van der Waals surface area contributed by atoms with Crippen LogP contribution >= 0.6 is 15.9 Å². The first-order chi connectivity index (χ1) is 32.8. The number of carbonyl (C=O) groups excluding carboxylic acids is 2. The maximum absolute atomic E-state index is 12.5. The number of hydrogen-bond donors (Lipinski definition) is 1. The Labute approximate surface area is 420 Å². The number of aryl methyl sites for hydroxylation is 1. The number of halogens is 1. The van der Waals surface area contributed by atoms with Crippen LogP contribution in [0.5, 0.6) is 0 Å². The predicted molar refractivity (Wildman–Crippen MR) is 290 cm³/mol. The number of nitrogens with zero attached hydrogens (tertiary/aromatic N) is 7. The van der Waals surface area contributed by atoms with Gasteiger partial charge in [0.05, 0.1) is 41.1 Å². The minimum Gasteiger partial charge on any atom is -0.461 e. The Balaban J connectivity index is 0.00000106. The van der Waals surface area contributed by atoms with Crippen molar-refractivity contribution in [3.63, 3.8) is 0 Å². The fraction of sp³-hybridized carbons (Fsp3) is 0.736. The lowest BCUT2D eigenvalue weighted by Crippen LogP contribution is -2.35. The van der Waals surface area contributed by atoms with Crippen molar-refractivity contribution in [2.24, 2.45) is 11.8 Å². The summed E-state index contributed by atoms with van der Waals surface area (Å²) in [5, 5.41) is 15.5. The molecule has 0 bridgehead atoms. The van der Waals surface area contributed by atoms with Gasteiger partial charge in [-0.05, 0) is 81.8 Å². The summed E-state index contributed by atoms with van der Waals surface area (Å²) in [6.45, 7) is 39.6. The normalized spacial score (nSPS) is 13.6. The van der Waals surface area contributed by atoms with Crippen LogP contribution in [-0.2, 0) is 25.5 Å². The number of piperidine rings is 2. The van der Waals surface area contributed by atoms with E-state index in [2.05, 4.69) is 103 Å². The summed E-state index contributed by atoms with van der Waals surface area (Å²) >= 11 is 3.15. The number of carbonyl (C=O) groups is 2. The molecule has 0 unspecified atom stereocenters. The van der Waals surface area contributed by atoms with Crippen LogP contribution in [0.1, 0.15) is 200 Å². The molecule has 390 valence electrons. The summed E-state index contributed by atoms with van der Waals surface area (Å²) < 4.78 is 23.0. The maximum Gasteiger partial charge on any atom is 0.357 e. The highest BCUT2D eigenvalue weighted by atomic mass is 79.9. The molecule has 0 aliphatic carbocycles. The molecule has 68 heavy (non-hydrogen) atoms. The van der Waals surface area contributed by atoms with E-state index in [1.54, 1.807) is 21.1 Å². The van der Waals surface area contributed by atoms with Gasteiger partial charge in [-0.2, -0.15) is 10.2 Å². The van der Waals surface area contributed by atoms with Crippen molar-refractivity contribution in [2.45, 2.75) is 174 Å². The molecule has 2 fully saturated rings. The molecule has 0 aromatic carbocycles. The summed E-state index contributed by atoms with van der Waals surface area (Å²) in [7, 11) is 3.52. The van der Waals surface area contributed by atoms with Crippen LogP contribution < -0.4 is 9.80 Å². The average molecular weight is 1020 g/mol. The molecule has 0 spiro atoms. The lowest BCUT2D eigenvalue weighted by Gasteiger charge is -2.34. The van der Waals surface area contributed by atoms with E-state index in [0.717, 1.165) is 123 Å². The summed E-state index contributed by atoms with van der Waals surface area (Å²) in [4.78, 5) is 38.6. The predicted octanol–water partition coefficient (Wildman–Crippen LogP) is 13.4. The van der Waals surface area contributed by atoms with Gasteiger partial charge in [-0.25, -0.2) is 24.2 Å². The quantitative estimate of drug-likeness (QED) is 0.0946. The Hall–Kier alpha value is -3.82. The van der Waals surface area contributed by atoms with E-state index in [1.807, 2.05) is 58.4 Å². The zero-order chi connectivity index (χ0) is 51.8. The molecule has 2 aliphatic rings. The van der Waals surface area contributed by atoms with Crippen LogP contribution in [0.2, 0.25) is 0 Å². The number of fused-ring (bicyclic) bond motifs is 2. The second-order valence-electron chi connectivity index (χ2n) is 16.9. The summed E-state index contributed by atoms with van der Waals surface area (Å²) in [5.74, 6) is 0.965. The standard InChI is InChI=1S/C22H34N4O3.C19H28N4O3.2C3H8.C2H5Br.2C2H6/c1-6-10-26-21-19(20(24-26)15(3)4)18(13-17(23-21)22(27)29-7-2)25-11-8-16(9-12-25)14-28-5;1-5-26-19(24)14-10-15(23-8-6-13(7-9-23)11-25-4)16-17(12(2)3)21-22-18(16)20-14;2*1-3-2;1-2-3;2*1-2/h13,15-16H,6-12,14H2,1-5H3;10,12-13H,5-9,11H2,1-4H3,(H,20,21,22);2*3H2,1-2H3;2H2,1H3;2*1-2H3. The zero-order valence-electron chi connectivity index (χ0n) is 45.9. The van der Waals surface area contributed by atoms with E-state index >= 15 is 0 Å². The smallest absolute Gasteiger partial charge is 0.357 e. The number of aromatic amines is 1. The third-order valence-electron chi connectivity index (χ3n) is 10.5. The highest BCUT2D eigenvalue weighted by Crippen LogP contribution is 2.37. The first kappa shape index (κ1) is 64.2. The summed E-state index contributed by atoms with van der Waals surface area (Å²) in [6.07, 6.45) is 7.75. The van der Waals surface area contributed by atoms with E-state index in [4.69, 9.17) is 29.0 Å². The van der Waals surface area contributed by atoms with Crippen LogP contribution in [0.25, 0.3) is 22.1 Å². The molecule has 6 heterocycles. The number of H-pyrrole nitrogens is 1. The number of rotatable bonds is 14. The van der Waals surface area contributed by atoms with Crippen LogP contribution in [0.15, 0.2) is 12.1 Å². The van der Waals surface area contributed by atoms with E-state index in [9.17, 15) is 9.59 Å². The molecule has 15 heteroatoms. The zero-order valence-corrected chi connectivity index (χ0v) is 47.5. The first-order valence-electron chi connectivity index (χ1n) is 26.0. The minimum atomic E-state index is -0.404. The fourth-order valence-electron chi connectivity index (χ4n) is 7.67. The van der Waals surface area contributed by atoms with Gasteiger partial charge in [-0.15, -0.1) is 0 Å². The lowest BCUT2D eigenvalue weighted by molar-refractivity contribution is 0.0510. The lowest BCUT2D eigenvalue weighted by atomic mass is 9.96. The second kappa shape index (κ2) is 37.1. The van der Waals surface area contributed by atoms with Gasteiger partial charge in [-0.1, -0.05) is 126 Å². The molecule has 14 nitrogen and oxygen atoms in total. The molecule has 0 radical (unpaired) electrons. The highest BCUT2D eigenvalue weighted by molar-refractivity contribution is 9.09. The van der Waals surface area contributed by atoms with Gasteiger partial charge in [0.2, 0.25) is 0 Å². The van der Waals surface area contributed by atoms with E-state index in [0.29, 0.717) is 48.0 Å². The van der Waals surface area contributed by atoms with Crippen LogP contribution in [0, 0.1) is 11.8 Å². The summed E-state index contributed by atoms with van der Waals surface area (Å²) in [5.41, 5.74) is 6.22. The molecule has 6 rings (SSSR count). The first-order valence-corrected chi connectivity index (χ1v) is 27.1. The summed E-state index contributed by atoms with van der Waals surface area (Å²) in [6, 6.07) is 3.76. The molecular weight excluding hydrogens is 925 g/mol. The van der Waals surface area contributed by atoms with Crippen molar-refractivity contribution < 1.29 is 28.5 Å². The van der Waals surface area contributed by atoms with Crippen LogP contribution in [-0.4, -0.2) is 114 Å². The van der Waals surface area contributed by atoms with E-state index < -0.39 is 5.97 Å². The number of hydrogen-bond acceptors (Lipinski definition) is 12. The molecule has 4 aromatic heterocycles. The van der Waals surface area contributed by atoms with Crippen LogP contribution in [0.3, 0.4) is 0 Å². The van der Waals surface area contributed by atoms with E-state index in [1.165, 1.54) is 12.8 Å². The number of ether oxygens (including phenoxy) is 4. The van der Waals surface area contributed by atoms with Gasteiger partial charge in [0, 0.05) is 71.2 Å². The third kappa shape index (κ3) is 19.9. The van der Waals surface area contributed by atoms with Crippen LogP contribution in [0.4, 0.5) is 11.4 Å². The third-order valence-corrected chi connectivity index (χ3v) is 10.5. The van der Waals surface area contributed by atoms with Gasteiger partial charge in [-0.3, -0.25) is 5.10 Å². The van der Waals surface area contributed by atoms with Crippen molar-refractivity contribution >= 4 is 61.3 Å². The minimum absolute atomic E-state index is 0.274. The van der Waals surface area contributed by atoms with Gasteiger partial charge in [0.25, 0.3) is 0 Å². The molecule has 2 saturated heterocycles. The second-order valence-corrected chi connectivity index (χ2v) is 18.0. The van der Waals surface area contributed by atoms with Crippen molar-refractivity contribution in [3.05, 3.63) is 34.9 Å². The molecule has 2 aliphatic heterocycles. The number of nitrogens with one attached hydrogen (secondary N) is 1. The monoisotopic (exact) mass is 1020 g/mol. The Kier molecular flexibility index (Phi) is 35.0. The van der Waals surface area contributed by atoms with Gasteiger partial charge in [0.15, 0.2) is 22.7 Å². The van der Waals surface area contributed by atoms with E-state index in [-0.39, 0.29) is 11.9 Å². The molecular formula is C53H95BrN8O6. The van der Waals surface area contributed by atoms with Crippen molar-refractivity contribution in [3.8, 4) is 0 Å². The molecule has 0 amide bonds. The van der Waals surface area contributed by atoms with Crippen molar-refractivity contribution in [1.29, 1.82) is 0 Å². The molecule has 0 atom stereocenters. The number of alkyl halides is 1. The maximum atomic E-state index is 12.5. The number of methoxy groups -OCH3 is 2. The SMILES string of the molecule is CC.CC.CCBr.CCC.CCC.CCCn1nc(C(C)C)c2c(N3CCC(COC)CC3)cc(C(=O)OCC)nc21.CCOC(=O)c1cc(N2CCC(COC)CC2)c2c(C(C)C)[nH]nc2n1. The van der Waals surface area contributed by atoms with Gasteiger partial charge in [0.1, 0.15) is 0 Å². The van der Waals surface area contributed by atoms with Gasteiger partial charge < -0.3 is 28.7 Å². The number of aromatic nitrogens is 6. The Morgan fingerprint density at radius 2 is 1.10 bits per heavy atom. The van der Waals surface area contributed by atoms with Crippen molar-refractivity contribution in [2.75, 3.05) is 82.0 Å². The van der Waals surface area contributed by atoms with Gasteiger partial charge >= 0.3 is 11.9 Å². The number of esters is 2. The Bertz CT molecular complexity index is 1930. The largest absolute Gasteiger partial charge is 0.461 e. The Morgan fingerprint density at radius 1 is 0.691 bits per heavy atom. The molecule has 1 N–H and O–H groups in total.